The quantitative estimate of drug-likeness (QED) is 0.799. The highest BCUT2D eigenvalue weighted by atomic mass is 14.7. The zero-order valence-corrected chi connectivity index (χ0v) is 9.32. The summed E-state index contributed by atoms with van der Waals surface area (Å²) < 4.78 is 0. The standard InChI is InChI=1S/C14H19N/c1-9(15)13-8-14(13)12-4-2-3-11(7-12)10-5-6-10/h2-4,7,9-10,13-14H,5-6,8,15H2,1H3. The first-order chi connectivity index (χ1) is 7.25. The monoisotopic (exact) mass is 201 g/mol. The fourth-order valence-corrected chi connectivity index (χ4v) is 2.64. The van der Waals surface area contributed by atoms with Crippen molar-refractivity contribution in [3.8, 4) is 0 Å². The maximum Gasteiger partial charge on any atom is 0.00448 e. The molecule has 2 saturated carbocycles. The molecule has 2 aliphatic rings. The third-order valence-corrected chi connectivity index (χ3v) is 3.90. The lowest BCUT2D eigenvalue weighted by Gasteiger charge is -2.06. The van der Waals surface area contributed by atoms with E-state index in [-0.39, 0.29) is 0 Å². The predicted molar refractivity (Wildman–Crippen MR) is 62.9 cm³/mol. The molecule has 1 nitrogen and oxygen atoms in total. The molecule has 1 aromatic carbocycles. The largest absolute Gasteiger partial charge is 0.328 e. The minimum atomic E-state index is 0.361. The number of benzene rings is 1. The molecule has 0 aliphatic heterocycles. The molecule has 0 bridgehead atoms. The van der Waals surface area contributed by atoms with Gasteiger partial charge in [0.15, 0.2) is 0 Å². The van der Waals surface area contributed by atoms with Gasteiger partial charge in [0.1, 0.15) is 0 Å². The van der Waals surface area contributed by atoms with E-state index in [9.17, 15) is 0 Å². The van der Waals surface area contributed by atoms with Gasteiger partial charge in [0, 0.05) is 6.04 Å². The van der Waals surface area contributed by atoms with Crippen LogP contribution < -0.4 is 5.73 Å². The Bertz CT molecular complexity index is 365. The minimum Gasteiger partial charge on any atom is -0.328 e. The Hall–Kier alpha value is -0.820. The summed E-state index contributed by atoms with van der Waals surface area (Å²) in [6.07, 6.45) is 4.08. The summed E-state index contributed by atoms with van der Waals surface area (Å²) in [6.45, 7) is 2.13. The van der Waals surface area contributed by atoms with Gasteiger partial charge in [-0.15, -0.1) is 0 Å². The van der Waals surface area contributed by atoms with Crippen LogP contribution in [0.1, 0.15) is 49.1 Å². The summed E-state index contributed by atoms with van der Waals surface area (Å²) in [4.78, 5) is 0. The third kappa shape index (κ3) is 1.81. The van der Waals surface area contributed by atoms with Crippen LogP contribution >= 0.6 is 0 Å². The van der Waals surface area contributed by atoms with Crippen molar-refractivity contribution in [1.29, 1.82) is 0 Å². The topological polar surface area (TPSA) is 26.0 Å². The van der Waals surface area contributed by atoms with Gasteiger partial charge < -0.3 is 5.73 Å². The minimum absolute atomic E-state index is 0.361. The van der Waals surface area contributed by atoms with Crippen molar-refractivity contribution in [3.05, 3.63) is 35.4 Å². The van der Waals surface area contributed by atoms with Crippen LogP contribution in [0.4, 0.5) is 0 Å². The number of hydrogen-bond acceptors (Lipinski definition) is 1. The first-order valence-electron chi connectivity index (χ1n) is 6.11. The summed E-state index contributed by atoms with van der Waals surface area (Å²) in [5, 5.41) is 0. The highest BCUT2D eigenvalue weighted by Crippen LogP contribution is 2.50. The average Bonchev–Trinajstić information content (AvgIpc) is 3.10. The van der Waals surface area contributed by atoms with Gasteiger partial charge in [0.2, 0.25) is 0 Å². The molecule has 0 aromatic heterocycles. The van der Waals surface area contributed by atoms with Crippen molar-refractivity contribution in [1.82, 2.24) is 0 Å². The van der Waals surface area contributed by atoms with Crippen molar-refractivity contribution in [3.63, 3.8) is 0 Å². The lowest BCUT2D eigenvalue weighted by Crippen LogP contribution is -2.17. The second-order valence-corrected chi connectivity index (χ2v) is 5.31. The van der Waals surface area contributed by atoms with Crippen LogP contribution in [0.15, 0.2) is 24.3 Å². The van der Waals surface area contributed by atoms with E-state index in [1.54, 1.807) is 5.56 Å². The van der Waals surface area contributed by atoms with Gasteiger partial charge in [0.05, 0.1) is 0 Å². The molecule has 3 atom stereocenters. The van der Waals surface area contributed by atoms with Crippen LogP contribution in [0.2, 0.25) is 0 Å². The highest BCUT2D eigenvalue weighted by Gasteiger charge is 2.40. The van der Waals surface area contributed by atoms with Crippen LogP contribution in [0, 0.1) is 5.92 Å². The average molecular weight is 201 g/mol. The van der Waals surface area contributed by atoms with Crippen molar-refractivity contribution in [2.45, 2.75) is 44.1 Å². The normalized spacial score (nSPS) is 31.3. The van der Waals surface area contributed by atoms with Crippen LogP contribution in [0.3, 0.4) is 0 Å². The molecule has 0 heterocycles. The molecule has 15 heavy (non-hydrogen) atoms. The second-order valence-electron chi connectivity index (χ2n) is 5.31. The molecule has 80 valence electrons. The van der Waals surface area contributed by atoms with Crippen LogP contribution in [0.5, 0.6) is 0 Å². The van der Waals surface area contributed by atoms with E-state index >= 15 is 0 Å². The molecule has 0 amide bonds. The Morgan fingerprint density at radius 1 is 1.27 bits per heavy atom. The maximum absolute atomic E-state index is 5.94. The molecule has 0 spiro atoms. The summed E-state index contributed by atoms with van der Waals surface area (Å²) in [5.41, 5.74) is 9.02. The molecule has 0 radical (unpaired) electrons. The van der Waals surface area contributed by atoms with Gasteiger partial charge in [-0.1, -0.05) is 24.3 Å². The Kier molecular flexibility index (Phi) is 2.10. The lowest BCUT2D eigenvalue weighted by molar-refractivity contribution is 0.631. The van der Waals surface area contributed by atoms with E-state index in [1.165, 1.54) is 24.8 Å². The Labute approximate surface area is 91.7 Å². The van der Waals surface area contributed by atoms with Crippen molar-refractivity contribution in [2.24, 2.45) is 11.7 Å². The summed E-state index contributed by atoms with van der Waals surface area (Å²) in [6, 6.07) is 9.56. The number of nitrogens with two attached hydrogens (primary N) is 1. The molecule has 1 aromatic rings. The number of rotatable bonds is 3. The van der Waals surface area contributed by atoms with Crippen molar-refractivity contribution < 1.29 is 0 Å². The van der Waals surface area contributed by atoms with E-state index in [1.807, 2.05) is 0 Å². The van der Waals surface area contributed by atoms with Gasteiger partial charge in [-0.2, -0.15) is 0 Å². The molecule has 1 heteroatoms. The molecular weight excluding hydrogens is 182 g/mol. The Morgan fingerprint density at radius 3 is 2.60 bits per heavy atom. The van der Waals surface area contributed by atoms with Gasteiger partial charge in [0.25, 0.3) is 0 Å². The van der Waals surface area contributed by atoms with E-state index in [4.69, 9.17) is 5.73 Å². The Morgan fingerprint density at radius 2 is 2.00 bits per heavy atom. The molecule has 2 fully saturated rings. The molecule has 2 aliphatic carbocycles. The number of hydrogen-bond donors (Lipinski definition) is 1. The van der Waals surface area contributed by atoms with Gasteiger partial charge in [-0.3, -0.25) is 0 Å². The molecule has 0 saturated heterocycles. The molecule has 3 rings (SSSR count). The van der Waals surface area contributed by atoms with E-state index in [2.05, 4.69) is 31.2 Å². The maximum atomic E-state index is 5.94. The summed E-state index contributed by atoms with van der Waals surface area (Å²) in [7, 11) is 0. The molecular formula is C14H19N. The second kappa shape index (κ2) is 3.34. The first kappa shape index (κ1) is 9.41. The first-order valence-corrected chi connectivity index (χ1v) is 6.11. The van der Waals surface area contributed by atoms with Crippen LogP contribution in [0.25, 0.3) is 0 Å². The lowest BCUT2D eigenvalue weighted by atomic mass is 10.0. The smallest absolute Gasteiger partial charge is 0.00448 e. The third-order valence-electron chi connectivity index (χ3n) is 3.90. The van der Waals surface area contributed by atoms with Crippen molar-refractivity contribution >= 4 is 0 Å². The van der Waals surface area contributed by atoms with Crippen molar-refractivity contribution in [2.75, 3.05) is 0 Å². The SMILES string of the molecule is CC(N)C1CC1c1cccc(C2CC2)c1. The zero-order valence-electron chi connectivity index (χ0n) is 9.32. The van der Waals surface area contributed by atoms with Crippen LogP contribution in [-0.4, -0.2) is 6.04 Å². The zero-order chi connectivity index (χ0) is 10.4. The molecule has 2 N–H and O–H groups in total. The van der Waals surface area contributed by atoms with E-state index < -0.39 is 0 Å². The highest BCUT2D eigenvalue weighted by molar-refractivity contribution is 5.34. The van der Waals surface area contributed by atoms with Gasteiger partial charge in [-0.05, 0) is 55.1 Å². The van der Waals surface area contributed by atoms with E-state index in [0.29, 0.717) is 6.04 Å². The fourth-order valence-electron chi connectivity index (χ4n) is 2.64. The van der Waals surface area contributed by atoms with Crippen LogP contribution in [-0.2, 0) is 0 Å². The Balaban J connectivity index is 1.78. The van der Waals surface area contributed by atoms with E-state index in [0.717, 1.165) is 17.8 Å². The molecule has 3 unspecified atom stereocenters. The summed E-state index contributed by atoms with van der Waals surface area (Å²) >= 11 is 0. The van der Waals surface area contributed by atoms with Gasteiger partial charge in [-0.25, -0.2) is 0 Å². The fraction of sp³-hybridized carbons (Fsp3) is 0.571. The van der Waals surface area contributed by atoms with Gasteiger partial charge >= 0.3 is 0 Å². The predicted octanol–water partition coefficient (Wildman–Crippen LogP) is 3.01. The summed E-state index contributed by atoms with van der Waals surface area (Å²) in [5.74, 6) is 2.36.